The van der Waals surface area contributed by atoms with Crippen LogP contribution in [0.3, 0.4) is 0 Å². The summed E-state index contributed by atoms with van der Waals surface area (Å²) in [7, 11) is -1.17. The molecule has 0 fully saturated rings. The number of para-hydroxylation sites is 1. The highest BCUT2D eigenvalue weighted by Crippen LogP contribution is 2.26. The minimum atomic E-state index is -3.96. The van der Waals surface area contributed by atoms with E-state index < -0.39 is 16.0 Å². The molecule has 4 aromatic carbocycles. The maximum atomic E-state index is 14.5. The van der Waals surface area contributed by atoms with Gasteiger partial charge in [0.2, 0.25) is 0 Å². The molecule has 0 atom stereocenters. The molecule has 1 amide bonds. The Balaban J connectivity index is 1.41. The molecule has 0 heterocycles. The van der Waals surface area contributed by atoms with Crippen LogP contribution in [-0.2, 0) is 22.5 Å². The smallest absolute Gasteiger partial charge is 0.303 e. The highest BCUT2D eigenvalue weighted by Gasteiger charge is 2.27. The molecular weight excluding hydrogens is 521 g/mol. The number of amides is 1. The zero-order valence-electron chi connectivity index (χ0n) is 21.0. The first kappa shape index (κ1) is 27.4. The van der Waals surface area contributed by atoms with Crippen molar-refractivity contribution in [3.8, 4) is 0 Å². The van der Waals surface area contributed by atoms with E-state index >= 15 is 0 Å². The number of carbonyl (C=O) groups excluding carboxylic acids is 1. The van der Waals surface area contributed by atoms with Gasteiger partial charge in [0.05, 0.1) is 12.2 Å². The molecule has 0 radical (unpaired) electrons. The van der Waals surface area contributed by atoms with Crippen LogP contribution in [0.15, 0.2) is 108 Å². The predicted molar refractivity (Wildman–Crippen MR) is 152 cm³/mol. The Morgan fingerprint density at radius 2 is 1.42 bits per heavy atom. The van der Waals surface area contributed by atoms with Crippen LogP contribution in [-0.4, -0.2) is 32.7 Å². The van der Waals surface area contributed by atoms with Gasteiger partial charge in [-0.3, -0.25) is 9.10 Å². The Morgan fingerprint density at radius 1 is 0.816 bits per heavy atom. The molecule has 4 aromatic rings. The Morgan fingerprint density at radius 3 is 2.05 bits per heavy atom. The average molecular weight is 550 g/mol. The second-order valence-corrected chi connectivity index (χ2v) is 11.8. The molecule has 0 aromatic heterocycles. The predicted octanol–water partition coefficient (Wildman–Crippen LogP) is 6.18. The molecule has 4 rings (SSSR count). The minimum absolute atomic E-state index is 0.0476. The van der Waals surface area contributed by atoms with Crippen molar-refractivity contribution >= 4 is 39.3 Å². The number of thioether (sulfide) groups is 1. The lowest BCUT2D eigenvalue weighted by atomic mass is 10.1. The molecule has 0 saturated carbocycles. The monoisotopic (exact) mass is 549 g/mol. The van der Waals surface area contributed by atoms with Crippen LogP contribution in [0.1, 0.15) is 21.5 Å². The van der Waals surface area contributed by atoms with E-state index in [9.17, 15) is 17.6 Å². The molecule has 0 aliphatic carbocycles. The Bertz CT molecular complexity index is 1480. The average Bonchev–Trinajstić information content (AvgIpc) is 2.92. The molecule has 0 spiro atoms. The van der Waals surface area contributed by atoms with Crippen molar-refractivity contribution in [1.82, 2.24) is 4.31 Å². The van der Waals surface area contributed by atoms with Crippen LogP contribution >= 0.6 is 11.8 Å². The lowest BCUT2D eigenvalue weighted by Gasteiger charge is -2.27. The van der Waals surface area contributed by atoms with Crippen molar-refractivity contribution in [2.24, 2.45) is 0 Å². The Kier molecular flexibility index (Phi) is 8.83. The zero-order valence-corrected chi connectivity index (χ0v) is 22.7. The Labute approximate surface area is 227 Å². The molecule has 6 nitrogen and oxygen atoms in total. The molecule has 0 aliphatic heterocycles. The summed E-state index contributed by atoms with van der Waals surface area (Å²) < 4.78 is 42.4. The number of hydrogen-bond acceptors (Lipinski definition) is 4. The highest BCUT2D eigenvalue weighted by atomic mass is 32.2. The molecule has 0 aliphatic rings. The van der Waals surface area contributed by atoms with Crippen molar-refractivity contribution in [2.75, 3.05) is 23.7 Å². The van der Waals surface area contributed by atoms with Gasteiger partial charge in [0.15, 0.2) is 0 Å². The van der Waals surface area contributed by atoms with Crippen molar-refractivity contribution in [3.05, 3.63) is 126 Å². The van der Waals surface area contributed by atoms with Crippen LogP contribution in [0.2, 0.25) is 0 Å². The molecule has 38 heavy (non-hydrogen) atoms. The number of nitrogens with zero attached hydrogens (tertiary/aromatic N) is 2. The number of hydrogen-bond donors (Lipinski definition) is 1. The molecule has 196 valence electrons. The van der Waals surface area contributed by atoms with Crippen LogP contribution in [0, 0.1) is 5.82 Å². The lowest BCUT2D eigenvalue weighted by Crippen LogP contribution is -2.40. The van der Waals surface area contributed by atoms with Crippen molar-refractivity contribution < 1.29 is 17.6 Å². The van der Waals surface area contributed by atoms with Gasteiger partial charge in [-0.25, -0.2) is 4.39 Å². The van der Waals surface area contributed by atoms with Crippen LogP contribution in [0.4, 0.5) is 15.8 Å². The first-order valence-electron chi connectivity index (χ1n) is 11.9. The minimum Gasteiger partial charge on any atom is -0.322 e. The standard InChI is InChI=1S/C29H28FN3O3S2/c1-32(2)38(35,36)33(28-11-7-6-10-27(28)30)20-22-12-16-24(17-13-22)29(34)31-25-18-14-23(15-19-25)21-37-26-8-4-3-5-9-26/h3-19H,20-21H2,1-2H3,(H,31,34). The second kappa shape index (κ2) is 12.3. The molecule has 0 unspecified atom stereocenters. The first-order valence-corrected chi connectivity index (χ1v) is 14.2. The third kappa shape index (κ3) is 6.80. The van der Waals surface area contributed by atoms with Crippen molar-refractivity contribution in [2.45, 2.75) is 17.2 Å². The summed E-state index contributed by atoms with van der Waals surface area (Å²) >= 11 is 1.75. The van der Waals surface area contributed by atoms with Gasteiger partial charge in [-0.15, -0.1) is 11.8 Å². The fourth-order valence-corrected chi connectivity index (χ4v) is 5.62. The van der Waals surface area contributed by atoms with E-state index in [-0.39, 0.29) is 18.1 Å². The van der Waals surface area contributed by atoms with E-state index in [1.54, 1.807) is 42.1 Å². The van der Waals surface area contributed by atoms with E-state index in [0.29, 0.717) is 16.8 Å². The largest absolute Gasteiger partial charge is 0.322 e. The third-order valence-corrected chi connectivity index (χ3v) is 8.65. The van der Waals surface area contributed by atoms with E-state index in [1.165, 1.54) is 37.2 Å². The van der Waals surface area contributed by atoms with E-state index in [2.05, 4.69) is 17.4 Å². The zero-order chi connectivity index (χ0) is 27.1. The number of benzene rings is 4. The molecule has 0 saturated heterocycles. The summed E-state index contributed by atoms with van der Waals surface area (Å²) in [6.45, 7) is -0.0915. The SMILES string of the molecule is CN(C)S(=O)(=O)N(Cc1ccc(C(=O)Nc2ccc(CSc3ccccc3)cc2)cc1)c1ccccc1F. The summed E-state index contributed by atoms with van der Waals surface area (Å²) in [5, 5.41) is 2.88. The molecule has 9 heteroatoms. The maximum Gasteiger partial charge on any atom is 0.303 e. The number of halogens is 1. The molecule has 1 N–H and O–H groups in total. The third-order valence-electron chi connectivity index (χ3n) is 5.76. The highest BCUT2D eigenvalue weighted by molar-refractivity contribution is 7.98. The van der Waals surface area contributed by atoms with E-state index in [4.69, 9.17) is 0 Å². The van der Waals surface area contributed by atoms with Gasteiger partial charge in [-0.2, -0.15) is 12.7 Å². The number of carbonyl (C=O) groups is 1. The summed E-state index contributed by atoms with van der Waals surface area (Å²) in [5.74, 6) is -0.0962. The summed E-state index contributed by atoms with van der Waals surface area (Å²) in [6, 6.07) is 30.2. The maximum absolute atomic E-state index is 14.5. The van der Waals surface area contributed by atoms with Gasteiger partial charge in [-0.1, -0.05) is 54.6 Å². The summed E-state index contributed by atoms with van der Waals surface area (Å²) in [6.07, 6.45) is 0. The van der Waals surface area contributed by atoms with E-state index in [0.717, 1.165) is 19.9 Å². The van der Waals surface area contributed by atoms with Crippen LogP contribution in [0.25, 0.3) is 0 Å². The molecule has 0 bridgehead atoms. The number of anilines is 2. The first-order chi connectivity index (χ1) is 18.2. The van der Waals surface area contributed by atoms with Gasteiger partial charge in [0, 0.05) is 36.0 Å². The van der Waals surface area contributed by atoms with Crippen LogP contribution < -0.4 is 9.62 Å². The fourth-order valence-electron chi connectivity index (χ4n) is 3.64. The van der Waals surface area contributed by atoms with Gasteiger partial charge in [0.25, 0.3) is 5.91 Å². The molecular formula is C29H28FN3O3S2. The normalized spacial score (nSPS) is 11.4. The fraction of sp³-hybridized carbons (Fsp3) is 0.138. The van der Waals surface area contributed by atoms with Crippen molar-refractivity contribution in [1.29, 1.82) is 0 Å². The lowest BCUT2D eigenvalue weighted by molar-refractivity contribution is 0.102. The van der Waals surface area contributed by atoms with Gasteiger partial charge >= 0.3 is 10.2 Å². The number of nitrogens with one attached hydrogen (secondary N) is 1. The summed E-state index contributed by atoms with van der Waals surface area (Å²) in [4.78, 5) is 14.0. The topological polar surface area (TPSA) is 69.7 Å². The van der Waals surface area contributed by atoms with Gasteiger partial charge < -0.3 is 5.32 Å². The quantitative estimate of drug-likeness (QED) is 0.240. The Hall–Kier alpha value is -3.66. The number of rotatable bonds is 10. The van der Waals surface area contributed by atoms with Crippen molar-refractivity contribution in [3.63, 3.8) is 0 Å². The van der Waals surface area contributed by atoms with Gasteiger partial charge in [0.1, 0.15) is 5.82 Å². The van der Waals surface area contributed by atoms with Crippen LogP contribution in [0.5, 0.6) is 0 Å². The second-order valence-electron chi connectivity index (χ2n) is 8.70. The van der Waals surface area contributed by atoms with E-state index in [1.807, 2.05) is 42.5 Å². The van der Waals surface area contributed by atoms with Gasteiger partial charge in [-0.05, 0) is 59.7 Å². The summed E-state index contributed by atoms with van der Waals surface area (Å²) in [5.41, 5.74) is 2.80.